The average molecular weight is 504 g/mol. The molecule has 0 aliphatic heterocycles. The summed E-state index contributed by atoms with van der Waals surface area (Å²) in [6, 6.07) is 18.7. The van der Waals surface area contributed by atoms with Gasteiger partial charge in [0.2, 0.25) is 0 Å². The maximum Gasteiger partial charge on any atom is 0.323 e. The van der Waals surface area contributed by atoms with Gasteiger partial charge < -0.3 is 5.11 Å². The molecule has 0 unspecified atom stereocenters. The van der Waals surface area contributed by atoms with Crippen LogP contribution >= 0.6 is 0 Å². The van der Waals surface area contributed by atoms with Gasteiger partial charge in [-0.2, -0.15) is 11.0 Å². The van der Waals surface area contributed by atoms with Crippen LogP contribution in [0.4, 0.5) is 0 Å². The van der Waals surface area contributed by atoms with Gasteiger partial charge in [-0.05, 0) is 43.7 Å². The third kappa shape index (κ3) is 12.0. The largest absolute Gasteiger partial charge is 0.480 e. The molecule has 0 amide bonds. The second kappa shape index (κ2) is 15.7. The number of nitrogens with one attached hydrogen (secondary N) is 3. The Bertz CT molecular complexity index is 866. The van der Waals surface area contributed by atoms with E-state index in [4.69, 9.17) is 19.6 Å². The number of hydrogen-bond acceptors (Lipinski definition) is 8. The maximum atomic E-state index is 11.7. The first-order valence-corrected chi connectivity index (χ1v) is 12.4. The molecule has 36 heavy (non-hydrogen) atoms. The Labute approximate surface area is 214 Å². The first-order chi connectivity index (χ1) is 17.2. The lowest BCUT2D eigenvalue weighted by Crippen LogP contribution is -2.48. The molecule has 0 aromatic heterocycles. The van der Waals surface area contributed by atoms with E-state index in [0.29, 0.717) is 19.3 Å². The van der Waals surface area contributed by atoms with Crippen LogP contribution in [0.2, 0.25) is 0 Å². The van der Waals surface area contributed by atoms with Crippen LogP contribution in [-0.2, 0) is 37.2 Å². The smallest absolute Gasteiger partial charge is 0.323 e. The van der Waals surface area contributed by atoms with Gasteiger partial charge in [-0.1, -0.05) is 81.4 Å². The van der Waals surface area contributed by atoms with Crippen LogP contribution in [0.25, 0.3) is 0 Å². The van der Waals surface area contributed by atoms with Crippen LogP contribution < -0.4 is 16.4 Å². The molecule has 0 fully saturated rings. The minimum Gasteiger partial charge on any atom is -0.480 e. The van der Waals surface area contributed by atoms with Crippen molar-refractivity contribution in [2.45, 2.75) is 84.4 Å². The van der Waals surface area contributed by atoms with Crippen molar-refractivity contribution in [3.8, 4) is 0 Å². The number of hydroxylamine groups is 3. The Balaban J connectivity index is 2.07. The van der Waals surface area contributed by atoms with Crippen molar-refractivity contribution in [1.29, 1.82) is 0 Å². The van der Waals surface area contributed by atoms with Gasteiger partial charge in [0, 0.05) is 12.8 Å². The quantitative estimate of drug-likeness (QED) is 0.134. The second-order valence-electron chi connectivity index (χ2n) is 9.75. The second-order valence-corrected chi connectivity index (χ2v) is 9.75. The molecule has 0 aliphatic carbocycles. The molecule has 0 radical (unpaired) electrons. The summed E-state index contributed by atoms with van der Waals surface area (Å²) in [4.78, 5) is 34.1. The van der Waals surface area contributed by atoms with Crippen LogP contribution in [-0.4, -0.2) is 35.2 Å². The lowest BCUT2D eigenvalue weighted by molar-refractivity contribution is -0.406. The Kier molecular flexibility index (Phi) is 13.0. The van der Waals surface area contributed by atoms with Crippen molar-refractivity contribution < 1.29 is 29.5 Å². The SMILES string of the molecule is CCC(C)(C)OON[C@@H](Cc1ccccc1)ON[C@@H](Cc1ccccc1)ON[C@H](CC(C)C)C(=O)O. The van der Waals surface area contributed by atoms with Gasteiger partial charge in [0.15, 0.2) is 12.5 Å². The molecule has 0 saturated heterocycles. The first-order valence-electron chi connectivity index (χ1n) is 12.4. The van der Waals surface area contributed by atoms with E-state index < -0.39 is 30.1 Å². The Morgan fingerprint density at radius 3 is 1.83 bits per heavy atom. The van der Waals surface area contributed by atoms with Crippen LogP contribution in [0.15, 0.2) is 60.7 Å². The van der Waals surface area contributed by atoms with Crippen LogP contribution in [0.5, 0.6) is 0 Å². The van der Waals surface area contributed by atoms with E-state index in [0.717, 1.165) is 17.5 Å². The van der Waals surface area contributed by atoms with Crippen LogP contribution in [0.1, 0.15) is 58.6 Å². The van der Waals surface area contributed by atoms with Crippen molar-refractivity contribution in [3.05, 3.63) is 71.8 Å². The van der Waals surface area contributed by atoms with E-state index in [1.54, 1.807) is 0 Å². The molecular weight excluding hydrogens is 462 g/mol. The normalized spacial score (nSPS) is 14.5. The zero-order valence-corrected chi connectivity index (χ0v) is 21.9. The third-order valence-electron chi connectivity index (χ3n) is 5.53. The summed E-state index contributed by atoms with van der Waals surface area (Å²) in [6.45, 7) is 9.77. The summed E-state index contributed by atoms with van der Waals surface area (Å²) in [5.41, 5.74) is 9.98. The van der Waals surface area contributed by atoms with Crippen molar-refractivity contribution in [2.75, 3.05) is 0 Å². The van der Waals surface area contributed by atoms with E-state index in [9.17, 15) is 9.90 Å². The topological polar surface area (TPSA) is 110 Å². The fourth-order valence-corrected chi connectivity index (χ4v) is 3.11. The molecule has 0 aliphatic rings. The summed E-state index contributed by atoms with van der Waals surface area (Å²) in [5, 5.41) is 9.56. The highest BCUT2D eigenvalue weighted by Gasteiger charge is 2.23. The summed E-state index contributed by atoms with van der Waals surface area (Å²) in [7, 11) is 0. The number of hydrogen-bond donors (Lipinski definition) is 4. The van der Waals surface area contributed by atoms with Crippen LogP contribution in [0, 0.1) is 5.92 Å². The van der Waals surface area contributed by atoms with Gasteiger partial charge in [0.05, 0.1) is 5.60 Å². The van der Waals surface area contributed by atoms with Gasteiger partial charge in [-0.3, -0.25) is 14.5 Å². The lowest BCUT2D eigenvalue weighted by atomic mass is 10.1. The fourth-order valence-electron chi connectivity index (χ4n) is 3.11. The minimum atomic E-state index is -0.976. The molecule has 0 saturated carbocycles. The lowest BCUT2D eigenvalue weighted by Gasteiger charge is -2.27. The summed E-state index contributed by atoms with van der Waals surface area (Å²) >= 11 is 0. The van der Waals surface area contributed by atoms with E-state index in [1.807, 2.05) is 95.3 Å². The highest BCUT2D eigenvalue weighted by atomic mass is 17.3. The zero-order chi connectivity index (χ0) is 26.4. The number of benzene rings is 2. The predicted molar refractivity (Wildman–Crippen MR) is 137 cm³/mol. The molecule has 2 rings (SSSR count). The molecule has 2 aromatic rings. The summed E-state index contributed by atoms with van der Waals surface area (Å²) < 4.78 is 0. The highest BCUT2D eigenvalue weighted by molar-refractivity contribution is 5.73. The number of carboxylic acid groups (broad SMARTS) is 1. The molecule has 200 valence electrons. The molecule has 2 aromatic carbocycles. The van der Waals surface area contributed by atoms with Crippen molar-refractivity contribution in [3.63, 3.8) is 0 Å². The monoisotopic (exact) mass is 503 g/mol. The number of carbonyl (C=O) groups is 1. The fraction of sp³-hybridized carbons (Fsp3) is 0.519. The van der Waals surface area contributed by atoms with Crippen molar-refractivity contribution >= 4 is 5.97 Å². The van der Waals surface area contributed by atoms with Gasteiger partial charge in [-0.25, -0.2) is 4.89 Å². The maximum absolute atomic E-state index is 11.7. The molecule has 3 atom stereocenters. The standard InChI is InChI=1S/C27H41N3O6/c1-6-27(4,5)35-36-30-25(19-22-15-11-8-12-16-22)34-29-24(18-21-13-9-7-10-14-21)33-28-23(26(31)32)17-20(2)3/h7-16,20,23-25,28-30H,6,17-19H2,1-5H3,(H,31,32)/t23-,24-,25-/m1/s1. The van der Waals surface area contributed by atoms with E-state index >= 15 is 0 Å². The number of rotatable bonds is 18. The van der Waals surface area contributed by atoms with Gasteiger partial charge in [-0.15, -0.1) is 10.5 Å². The molecule has 9 nitrogen and oxygen atoms in total. The number of carboxylic acids is 1. The van der Waals surface area contributed by atoms with Gasteiger partial charge >= 0.3 is 5.97 Å². The summed E-state index contributed by atoms with van der Waals surface area (Å²) in [6.07, 6.45) is 0.768. The molecule has 4 N–H and O–H groups in total. The van der Waals surface area contributed by atoms with Gasteiger partial charge in [0.1, 0.15) is 6.04 Å². The first kappa shape index (κ1) is 29.9. The average Bonchev–Trinajstić information content (AvgIpc) is 2.85. The van der Waals surface area contributed by atoms with E-state index in [-0.39, 0.29) is 5.92 Å². The van der Waals surface area contributed by atoms with E-state index in [1.165, 1.54) is 0 Å². The Hall–Kier alpha value is -2.37. The van der Waals surface area contributed by atoms with Gasteiger partial charge in [0.25, 0.3) is 0 Å². The minimum absolute atomic E-state index is 0.183. The molecule has 0 spiro atoms. The zero-order valence-electron chi connectivity index (χ0n) is 21.9. The Morgan fingerprint density at radius 1 is 0.861 bits per heavy atom. The Morgan fingerprint density at radius 2 is 1.36 bits per heavy atom. The molecular formula is C27H41N3O6. The van der Waals surface area contributed by atoms with Crippen molar-refractivity contribution in [2.24, 2.45) is 5.92 Å². The van der Waals surface area contributed by atoms with Crippen molar-refractivity contribution in [1.82, 2.24) is 16.4 Å². The molecule has 0 bridgehead atoms. The van der Waals surface area contributed by atoms with E-state index in [2.05, 4.69) is 16.4 Å². The molecule has 9 heteroatoms. The number of aliphatic carboxylic acids is 1. The molecule has 0 heterocycles. The highest BCUT2D eigenvalue weighted by Crippen LogP contribution is 2.14. The summed E-state index contributed by atoms with van der Waals surface area (Å²) in [5.74, 6) is -0.793. The predicted octanol–water partition coefficient (Wildman–Crippen LogP) is 4.31. The van der Waals surface area contributed by atoms with Crippen LogP contribution in [0.3, 0.4) is 0 Å². The third-order valence-corrected chi connectivity index (χ3v) is 5.53.